The Morgan fingerprint density at radius 1 is 0.857 bits per heavy atom. The van der Waals surface area contributed by atoms with Crippen LogP contribution in [0.2, 0.25) is 0 Å². The van der Waals surface area contributed by atoms with Crippen molar-refractivity contribution in [1.82, 2.24) is 0 Å². The van der Waals surface area contributed by atoms with Crippen LogP contribution in [0.25, 0.3) is 11.1 Å². The second-order valence-electron chi connectivity index (χ2n) is 9.35. The van der Waals surface area contributed by atoms with Crippen LogP contribution in [-0.2, 0) is 25.7 Å². The van der Waals surface area contributed by atoms with Gasteiger partial charge in [0.2, 0.25) is 5.78 Å². The molecule has 2 aliphatic rings. The molecule has 0 heterocycles. The van der Waals surface area contributed by atoms with Crippen molar-refractivity contribution in [3.8, 4) is 34.1 Å². The van der Waals surface area contributed by atoms with Crippen molar-refractivity contribution < 1.29 is 35.1 Å². The molecule has 0 amide bonds. The molecule has 0 saturated heterocycles. The average molecular weight is 475 g/mol. The van der Waals surface area contributed by atoms with Gasteiger partial charge in [-0.3, -0.25) is 4.79 Å². The van der Waals surface area contributed by atoms with Crippen LogP contribution < -0.4 is 0 Å². The van der Waals surface area contributed by atoms with Gasteiger partial charge in [-0.25, -0.2) is 4.79 Å². The molecule has 7 heteroatoms. The molecular weight excluding hydrogens is 448 g/mol. The molecule has 0 aromatic heterocycles. The maximum atomic E-state index is 13.2. The fourth-order valence-electron chi connectivity index (χ4n) is 5.58. The van der Waals surface area contributed by atoms with Gasteiger partial charge in [-0.1, -0.05) is 25.8 Å². The Bertz CT molecular complexity index is 1420. The highest BCUT2D eigenvalue weighted by molar-refractivity contribution is 6.16. The minimum Gasteiger partial charge on any atom is -0.508 e. The zero-order valence-electron chi connectivity index (χ0n) is 19.3. The number of aryl methyl sites for hydroxylation is 2. The number of carbonyl (C=O) groups excluding carboxylic acids is 1. The van der Waals surface area contributed by atoms with E-state index in [0.717, 1.165) is 30.9 Å². The molecule has 0 saturated carbocycles. The molecular formula is C28H26O7. The summed E-state index contributed by atoms with van der Waals surface area (Å²) in [5, 5.41) is 52.4. The normalized spacial score (nSPS) is 13.6. The Kier molecular flexibility index (Phi) is 5.43. The summed E-state index contributed by atoms with van der Waals surface area (Å²) in [6.45, 7) is 2.07. The van der Waals surface area contributed by atoms with Crippen LogP contribution in [-0.4, -0.2) is 37.3 Å². The first kappa shape index (κ1) is 22.8. The molecule has 2 aliphatic carbocycles. The maximum Gasteiger partial charge on any atom is 0.339 e. The second-order valence-corrected chi connectivity index (χ2v) is 9.35. The number of hydrogen-bond acceptors (Lipinski definition) is 6. The number of aromatic carboxylic acids is 1. The molecule has 3 aromatic rings. The number of hydrogen-bond donors (Lipinski definition) is 5. The predicted molar refractivity (Wildman–Crippen MR) is 129 cm³/mol. The molecule has 0 unspecified atom stereocenters. The zero-order chi connectivity index (χ0) is 25.0. The van der Waals surface area contributed by atoms with E-state index in [1.54, 1.807) is 6.07 Å². The molecule has 5 N–H and O–H groups in total. The van der Waals surface area contributed by atoms with Gasteiger partial charge in [-0.2, -0.15) is 0 Å². The molecule has 0 aliphatic heterocycles. The number of phenolic OH excluding ortho intramolecular Hbond substituents is 3. The standard InChI is InChI=1S/C28H26O7/c1-2-3-4-5-13-8-14-6-7-18-19(21(14)26(32)24(13)28(34)35)11-16-9-15-10-17(29)12-20(30)22(15)27(33)23(16)25(18)31/h8,10-12,29-32H,2-7,9H2,1H3,(H,34,35). The third-order valence-electron chi connectivity index (χ3n) is 7.15. The number of ketones is 1. The van der Waals surface area contributed by atoms with Crippen molar-refractivity contribution in [2.75, 3.05) is 0 Å². The summed E-state index contributed by atoms with van der Waals surface area (Å²) in [7, 11) is 0. The maximum absolute atomic E-state index is 13.2. The van der Waals surface area contributed by atoms with Crippen LogP contribution in [0.3, 0.4) is 0 Å². The number of benzene rings is 3. The Balaban J connectivity index is 1.70. The van der Waals surface area contributed by atoms with Crippen LogP contribution in [0.15, 0.2) is 24.3 Å². The average Bonchev–Trinajstić information content (AvgIpc) is 2.78. The first-order valence-electron chi connectivity index (χ1n) is 11.8. The molecule has 35 heavy (non-hydrogen) atoms. The Morgan fingerprint density at radius 2 is 1.60 bits per heavy atom. The predicted octanol–water partition coefficient (Wildman–Crippen LogP) is 4.84. The lowest BCUT2D eigenvalue weighted by atomic mass is 9.76. The Labute approximate surface area is 201 Å². The minimum absolute atomic E-state index is 0.0505. The number of rotatable bonds is 5. The highest BCUT2D eigenvalue weighted by Crippen LogP contribution is 2.49. The summed E-state index contributed by atoms with van der Waals surface area (Å²) in [5.74, 6) is -2.80. The minimum atomic E-state index is -1.21. The van der Waals surface area contributed by atoms with Crippen molar-refractivity contribution in [3.63, 3.8) is 0 Å². The highest BCUT2D eigenvalue weighted by atomic mass is 16.4. The summed E-state index contributed by atoms with van der Waals surface area (Å²) >= 11 is 0. The largest absolute Gasteiger partial charge is 0.508 e. The van der Waals surface area contributed by atoms with Crippen molar-refractivity contribution in [2.24, 2.45) is 0 Å². The van der Waals surface area contributed by atoms with Crippen molar-refractivity contribution in [1.29, 1.82) is 0 Å². The fourth-order valence-corrected chi connectivity index (χ4v) is 5.58. The van der Waals surface area contributed by atoms with E-state index in [9.17, 15) is 35.1 Å². The summed E-state index contributed by atoms with van der Waals surface area (Å²) in [4.78, 5) is 25.4. The molecule has 0 radical (unpaired) electrons. The van der Waals surface area contributed by atoms with Crippen molar-refractivity contribution >= 4 is 11.8 Å². The summed E-state index contributed by atoms with van der Waals surface area (Å²) < 4.78 is 0. The molecule has 0 spiro atoms. The van der Waals surface area contributed by atoms with Gasteiger partial charge in [0.25, 0.3) is 0 Å². The van der Waals surface area contributed by atoms with Crippen LogP contribution >= 0.6 is 0 Å². The lowest BCUT2D eigenvalue weighted by Gasteiger charge is -2.28. The summed E-state index contributed by atoms with van der Waals surface area (Å²) in [5.41, 5.74) is 3.69. The van der Waals surface area contributed by atoms with Gasteiger partial charge in [0.05, 0.1) is 11.1 Å². The fraction of sp³-hybridized carbons (Fsp3) is 0.286. The number of aromatic hydroxyl groups is 4. The smallest absolute Gasteiger partial charge is 0.339 e. The van der Waals surface area contributed by atoms with Crippen LogP contribution in [0.5, 0.6) is 23.0 Å². The quantitative estimate of drug-likeness (QED) is 0.261. The summed E-state index contributed by atoms with van der Waals surface area (Å²) in [6, 6.07) is 6.07. The Morgan fingerprint density at radius 3 is 2.31 bits per heavy atom. The lowest BCUT2D eigenvalue weighted by Crippen LogP contribution is -2.18. The van der Waals surface area contributed by atoms with E-state index in [4.69, 9.17) is 0 Å². The zero-order valence-corrected chi connectivity index (χ0v) is 19.3. The van der Waals surface area contributed by atoms with E-state index in [1.165, 1.54) is 6.07 Å². The first-order chi connectivity index (χ1) is 16.7. The van der Waals surface area contributed by atoms with Gasteiger partial charge < -0.3 is 25.5 Å². The van der Waals surface area contributed by atoms with Crippen LogP contribution in [0.4, 0.5) is 0 Å². The van der Waals surface area contributed by atoms with Gasteiger partial charge in [0.1, 0.15) is 28.6 Å². The Hall–Kier alpha value is -4.00. The van der Waals surface area contributed by atoms with Crippen LogP contribution in [0.1, 0.15) is 80.3 Å². The third kappa shape index (κ3) is 3.50. The van der Waals surface area contributed by atoms with E-state index < -0.39 is 11.8 Å². The number of carboxylic acid groups (broad SMARTS) is 1. The first-order valence-corrected chi connectivity index (χ1v) is 11.8. The van der Waals surface area contributed by atoms with Gasteiger partial charge in [0.15, 0.2) is 0 Å². The lowest BCUT2D eigenvalue weighted by molar-refractivity contribution is 0.0692. The highest BCUT2D eigenvalue weighted by Gasteiger charge is 2.35. The van der Waals surface area contributed by atoms with Gasteiger partial charge >= 0.3 is 5.97 Å². The van der Waals surface area contributed by atoms with Crippen LogP contribution in [0, 0.1) is 0 Å². The molecule has 7 nitrogen and oxygen atoms in total. The van der Waals surface area contributed by atoms with E-state index in [1.807, 2.05) is 6.07 Å². The number of carbonyl (C=O) groups is 2. The van der Waals surface area contributed by atoms with Gasteiger partial charge in [0, 0.05) is 17.2 Å². The number of unbranched alkanes of at least 4 members (excludes halogenated alkanes) is 2. The molecule has 0 bridgehead atoms. The van der Waals surface area contributed by atoms with E-state index >= 15 is 0 Å². The van der Waals surface area contributed by atoms with Gasteiger partial charge in [-0.05, 0) is 72.1 Å². The van der Waals surface area contributed by atoms with Crippen molar-refractivity contribution in [3.05, 3.63) is 68.8 Å². The van der Waals surface area contributed by atoms with E-state index in [-0.39, 0.29) is 46.1 Å². The number of phenols is 4. The second kappa shape index (κ2) is 8.34. The topological polar surface area (TPSA) is 135 Å². The molecule has 0 atom stereocenters. The monoisotopic (exact) mass is 474 g/mol. The summed E-state index contributed by atoms with van der Waals surface area (Å²) in [6.07, 6.45) is 4.40. The number of fused-ring (bicyclic) bond motifs is 5. The van der Waals surface area contributed by atoms with Gasteiger partial charge in [-0.15, -0.1) is 0 Å². The third-order valence-corrected chi connectivity index (χ3v) is 7.15. The molecule has 180 valence electrons. The molecule has 0 fully saturated rings. The van der Waals surface area contributed by atoms with Crippen molar-refractivity contribution in [2.45, 2.75) is 51.9 Å². The molecule has 3 aromatic carbocycles. The number of carboxylic acids is 1. The van der Waals surface area contributed by atoms with E-state index in [0.29, 0.717) is 52.6 Å². The molecule has 5 rings (SSSR count). The SMILES string of the molecule is CCCCCc1cc2c(c(O)c1C(=O)O)-c1cc3c(c(O)c1CC2)C(=O)c1c(O)cc(O)cc1C3. The van der Waals surface area contributed by atoms with E-state index in [2.05, 4.69) is 6.92 Å².